The van der Waals surface area contributed by atoms with Gasteiger partial charge >= 0.3 is 0 Å². The van der Waals surface area contributed by atoms with Crippen LogP contribution in [0.3, 0.4) is 0 Å². The minimum Gasteiger partial charge on any atom is -0.373 e. The normalized spacial score (nSPS) is 18.9. The molecule has 1 aliphatic rings. The van der Waals surface area contributed by atoms with Crippen molar-refractivity contribution in [3.05, 3.63) is 11.9 Å². The Balaban J connectivity index is 2.23. The van der Waals surface area contributed by atoms with Gasteiger partial charge in [-0.2, -0.15) is 0 Å². The van der Waals surface area contributed by atoms with Crippen LogP contribution in [0.5, 0.6) is 0 Å². The van der Waals surface area contributed by atoms with Crippen molar-refractivity contribution < 1.29 is 0 Å². The molecule has 1 saturated heterocycles. The predicted octanol–water partition coefficient (Wildman–Crippen LogP) is 2.00. The maximum atomic E-state index is 4.77. The Labute approximate surface area is 122 Å². The van der Waals surface area contributed by atoms with E-state index in [1.54, 1.807) is 0 Å². The third kappa shape index (κ3) is 3.60. The van der Waals surface area contributed by atoms with E-state index in [0.717, 1.165) is 43.4 Å². The summed E-state index contributed by atoms with van der Waals surface area (Å²) in [5.74, 6) is 2.95. The van der Waals surface area contributed by atoms with E-state index in [-0.39, 0.29) is 0 Å². The topological polar surface area (TPSA) is 44.3 Å². The van der Waals surface area contributed by atoms with E-state index in [0.29, 0.717) is 6.04 Å². The smallest absolute Gasteiger partial charge is 0.134 e. The molecule has 0 saturated carbocycles. The highest BCUT2D eigenvalue weighted by molar-refractivity contribution is 5.50. The van der Waals surface area contributed by atoms with Gasteiger partial charge in [0.25, 0.3) is 0 Å². The van der Waals surface area contributed by atoms with Crippen molar-refractivity contribution in [2.75, 3.05) is 44.4 Å². The summed E-state index contributed by atoms with van der Waals surface area (Å²) < 4.78 is 0. The molecule has 5 heteroatoms. The largest absolute Gasteiger partial charge is 0.373 e. The fourth-order valence-electron chi connectivity index (χ4n) is 2.84. The molecule has 1 fully saturated rings. The van der Waals surface area contributed by atoms with Crippen molar-refractivity contribution in [2.24, 2.45) is 0 Å². The van der Waals surface area contributed by atoms with Crippen LogP contribution in [-0.4, -0.2) is 55.1 Å². The van der Waals surface area contributed by atoms with E-state index in [4.69, 9.17) is 4.98 Å². The molecule has 1 atom stereocenters. The fourth-order valence-corrected chi connectivity index (χ4v) is 2.84. The molecule has 1 N–H and O–H groups in total. The minimum absolute atomic E-state index is 0.569. The van der Waals surface area contributed by atoms with Crippen molar-refractivity contribution in [3.63, 3.8) is 0 Å². The first-order chi connectivity index (χ1) is 9.63. The number of hydrogen-bond acceptors (Lipinski definition) is 5. The van der Waals surface area contributed by atoms with E-state index in [2.05, 4.69) is 47.2 Å². The summed E-state index contributed by atoms with van der Waals surface area (Å²) in [5, 5.41) is 3.16. The Morgan fingerprint density at radius 1 is 1.40 bits per heavy atom. The zero-order valence-corrected chi connectivity index (χ0v) is 13.2. The first-order valence-electron chi connectivity index (χ1n) is 7.61. The summed E-state index contributed by atoms with van der Waals surface area (Å²) in [5.41, 5.74) is 0. The van der Waals surface area contributed by atoms with Crippen molar-refractivity contribution in [2.45, 2.75) is 38.6 Å². The summed E-state index contributed by atoms with van der Waals surface area (Å²) >= 11 is 0. The first kappa shape index (κ1) is 15.0. The molecule has 0 amide bonds. The van der Waals surface area contributed by atoms with Gasteiger partial charge in [-0.15, -0.1) is 0 Å². The number of anilines is 2. The molecule has 0 aliphatic carbocycles. The van der Waals surface area contributed by atoms with Crippen molar-refractivity contribution in [1.82, 2.24) is 14.9 Å². The molecule has 0 bridgehead atoms. The zero-order chi connectivity index (χ0) is 14.5. The second kappa shape index (κ2) is 6.88. The zero-order valence-electron chi connectivity index (χ0n) is 13.2. The molecule has 5 nitrogen and oxygen atoms in total. The van der Waals surface area contributed by atoms with Crippen LogP contribution in [0.4, 0.5) is 11.6 Å². The van der Waals surface area contributed by atoms with Gasteiger partial charge in [-0.05, 0) is 33.4 Å². The van der Waals surface area contributed by atoms with Crippen LogP contribution in [0.2, 0.25) is 0 Å². The lowest BCUT2D eigenvalue weighted by atomic mass is 10.2. The monoisotopic (exact) mass is 277 g/mol. The molecule has 0 spiro atoms. The highest BCUT2D eigenvalue weighted by Gasteiger charge is 2.26. The highest BCUT2D eigenvalue weighted by atomic mass is 15.3. The Morgan fingerprint density at radius 2 is 2.20 bits per heavy atom. The van der Waals surface area contributed by atoms with Crippen LogP contribution in [0.1, 0.15) is 32.0 Å². The minimum atomic E-state index is 0.569. The van der Waals surface area contributed by atoms with E-state index in [1.165, 1.54) is 12.8 Å². The van der Waals surface area contributed by atoms with Gasteiger partial charge in [0.2, 0.25) is 0 Å². The first-order valence-corrected chi connectivity index (χ1v) is 7.61. The summed E-state index contributed by atoms with van der Waals surface area (Å²) in [6.07, 6.45) is 4.52. The van der Waals surface area contributed by atoms with E-state index in [9.17, 15) is 0 Å². The molecule has 20 heavy (non-hydrogen) atoms. The Bertz CT molecular complexity index is 432. The molecule has 1 aliphatic heterocycles. The molecular weight excluding hydrogens is 250 g/mol. The Morgan fingerprint density at radius 3 is 2.85 bits per heavy atom. The van der Waals surface area contributed by atoms with Gasteiger partial charge in [-0.25, -0.2) is 9.97 Å². The number of nitrogens with zero attached hydrogens (tertiary/aromatic N) is 4. The summed E-state index contributed by atoms with van der Waals surface area (Å²) in [6, 6.07) is 2.65. The molecular formula is C15H27N5. The van der Waals surface area contributed by atoms with Crippen molar-refractivity contribution >= 4 is 11.6 Å². The second-order valence-electron chi connectivity index (χ2n) is 5.78. The lowest BCUT2D eigenvalue weighted by Gasteiger charge is -2.28. The van der Waals surface area contributed by atoms with Gasteiger partial charge in [0.1, 0.15) is 17.5 Å². The number of aromatic nitrogens is 2. The summed E-state index contributed by atoms with van der Waals surface area (Å²) in [7, 11) is 6.19. The SMILES string of the molecule is CCCc1nc(NC)cc(N2CCCC2CN(C)C)n1. The third-order valence-electron chi connectivity index (χ3n) is 3.74. The van der Waals surface area contributed by atoms with Crippen LogP contribution in [0, 0.1) is 0 Å². The molecule has 1 unspecified atom stereocenters. The average molecular weight is 277 g/mol. The summed E-state index contributed by atoms with van der Waals surface area (Å²) in [4.78, 5) is 14.0. The molecule has 0 aromatic carbocycles. The predicted molar refractivity (Wildman–Crippen MR) is 84.5 cm³/mol. The van der Waals surface area contributed by atoms with Gasteiger partial charge in [0.15, 0.2) is 0 Å². The van der Waals surface area contributed by atoms with Crippen LogP contribution in [0.25, 0.3) is 0 Å². The average Bonchev–Trinajstić information content (AvgIpc) is 2.86. The Kier molecular flexibility index (Phi) is 5.17. The highest BCUT2D eigenvalue weighted by Crippen LogP contribution is 2.26. The van der Waals surface area contributed by atoms with Crippen LogP contribution in [0.15, 0.2) is 6.07 Å². The van der Waals surface area contributed by atoms with E-state index in [1.807, 2.05) is 7.05 Å². The molecule has 1 aromatic heterocycles. The van der Waals surface area contributed by atoms with Crippen molar-refractivity contribution in [1.29, 1.82) is 0 Å². The van der Waals surface area contributed by atoms with Crippen molar-refractivity contribution in [3.8, 4) is 0 Å². The van der Waals surface area contributed by atoms with Gasteiger partial charge < -0.3 is 15.1 Å². The number of nitrogens with one attached hydrogen (secondary N) is 1. The number of likely N-dealkylation sites (N-methyl/N-ethyl adjacent to an activating group) is 1. The van der Waals surface area contributed by atoms with E-state index >= 15 is 0 Å². The number of rotatable bonds is 6. The van der Waals surface area contributed by atoms with Gasteiger partial charge in [0, 0.05) is 38.7 Å². The summed E-state index contributed by atoms with van der Waals surface area (Å²) in [6.45, 7) is 4.35. The van der Waals surface area contributed by atoms with E-state index < -0.39 is 0 Å². The van der Waals surface area contributed by atoms with Crippen LogP contribution < -0.4 is 10.2 Å². The lowest BCUT2D eigenvalue weighted by Crippen LogP contribution is -2.38. The molecule has 2 rings (SSSR count). The second-order valence-corrected chi connectivity index (χ2v) is 5.78. The standard InChI is InChI=1S/C15H27N5/c1-5-7-13-17-14(16-2)10-15(18-13)20-9-6-8-12(20)11-19(3)4/h10,12H,5-9,11H2,1-4H3,(H,16,17,18). The van der Waals surface area contributed by atoms with Crippen LogP contribution in [-0.2, 0) is 6.42 Å². The molecule has 2 heterocycles. The molecule has 0 radical (unpaired) electrons. The molecule has 1 aromatic rings. The molecule has 112 valence electrons. The van der Waals surface area contributed by atoms with Gasteiger partial charge in [0.05, 0.1) is 0 Å². The maximum Gasteiger partial charge on any atom is 0.134 e. The number of aryl methyl sites for hydroxylation is 1. The quantitative estimate of drug-likeness (QED) is 0.861. The third-order valence-corrected chi connectivity index (χ3v) is 3.74. The fraction of sp³-hybridized carbons (Fsp3) is 0.733. The lowest BCUT2D eigenvalue weighted by molar-refractivity contribution is 0.371. The van der Waals surface area contributed by atoms with Gasteiger partial charge in [-0.3, -0.25) is 0 Å². The van der Waals surface area contributed by atoms with Crippen LogP contribution >= 0.6 is 0 Å². The Hall–Kier alpha value is -1.36. The number of hydrogen-bond donors (Lipinski definition) is 1. The maximum absolute atomic E-state index is 4.77. The van der Waals surface area contributed by atoms with Gasteiger partial charge in [-0.1, -0.05) is 6.92 Å².